The van der Waals surface area contributed by atoms with Crippen LogP contribution in [-0.2, 0) is 19.8 Å². The molecule has 0 aliphatic rings. The fourth-order valence-electron chi connectivity index (χ4n) is 3.37. The number of rotatable bonds is 9. The van der Waals surface area contributed by atoms with Crippen molar-refractivity contribution in [1.29, 1.82) is 0 Å². The van der Waals surface area contributed by atoms with Crippen LogP contribution in [0, 0.1) is 0 Å². The van der Waals surface area contributed by atoms with Crippen LogP contribution in [0.15, 0.2) is 91.0 Å². The number of nitrogens with zero attached hydrogens (tertiary/aromatic N) is 1. The molecular weight excluding hydrogens is 436 g/mol. The van der Waals surface area contributed by atoms with Gasteiger partial charge < -0.3 is 19.9 Å². The number of halogens is 1. The molecule has 0 fully saturated rings. The van der Waals surface area contributed by atoms with Crippen LogP contribution in [-0.4, -0.2) is 12.1 Å². The number of aromatic nitrogens is 1. The Morgan fingerprint density at radius 2 is 1.39 bits per heavy atom. The molecule has 2 N–H and O–H groups in total. The van der Waals surface area contributed by atoms with Gasteiger partial charge in [0.2, 0.25) is 11.8 Å². The van der Waals surface area contributed by atoms with E-state index in [2.05, 4.69) is 4.98 Å². The van der Waals surface area contributed by atoms with Crippen molar-refractivity contribution in [3.05, 3.63) is 108 Å². The minimum atomic E-state index is 0. The molecule has 0 bridgehead atoms. The Bertz CT molecular complexity index is 1150. The van der Waals surface area contributed by atoms with Crippen LogP contribution in [0.2, 0.25) is 0 Å². The van der Waals surface area contributed by atoms with Crippen molar-refractivity contribution in [2.24, 2.45) is 5.73 Å². The molecule has 0 saturated carbocycles. The van der Waals surface area contributed by atoms with Crippen LogP contribution in [0.1, 0.15) is 16.7 Å². The molecule has 3 aromatic carbocycles. The van der Waals surface area contributed by atoms with E-state index in [9.17, 15) is 0 Å². The van der Waals surface area contributed by atoms with Gasteiger partial charge in [0, 0.05) is 23.7 Å². The fraction of sp³-hybridized carbons (Fsp3) is 0.148. The van der Waals surface area contributed by atoms with Crippen LogP contribution >= 0.6 is 12.4 Å². The van der Waals surface area contributed by atoms with Gasteiger partial charge in [-0.2, -0.15) is 4.98 Å². The number of nitrogens with two attached hydrogens (primary N) is 1. The monoisotopic (exact) mass is 462 g/mol. The molecule has 1 aromatic heterocycles. The van der Waals surface area contributed by atoms with Gasteiger partial charge in [-0.3, -0.25) is 0 Å². The lowest BCUT2D eigenvalue weighted by atomic mass is 10.0. The highest BCUT2D eigenvalue weighted by molar-refractivity contribution is 5.85. The summed E-state index contributed by atoms with van der Waals surface area (Å²) >= 11 is 0. The van der Waals surface area contributed by atoms with Gasteiger partial charge in [-0.1, -0.05) is 72.8 Å². The molecule has 0 unspecified atom stereocenters. The SMILES string of the molecule is COc1cc(-c2ccc(OCc3ccccc3)nc2OCc2ccccc2)ccc1CN.Cl. The smallest absolute Gasteiger partial charge is 0.225 e. The van der Waals surface area contributed by atoms with E-state index in [1.54, 1.807) is 7.11 Å². The number of hydrogen-bond donors (Lipinski definition) is 1. The van der Waals surface area contributed by atoms with E-state index >= 15 is 0 Å². The molecule has 6 heteroatoms. The summed E-state index contributed by atoms with van der Waals surface area (Å²) in [4.78, 5) is 4.67. The van der Waals surface area contributed by atoms with Crippen LogP contribution in [0.5, 0.6) is 17.5 Å². The first kappa shape index (κ1) is 24.1. The normalized spacial score (nSPS) is 10.2. The molecule has 170 valence electrons. The summed E-state index contributed by atoms with van der Waals surface area (Å²) < 4.78 is 17.6. The topological polar surface area (TPSA) is 66.6 Å². The highest BCUT2D eigenvalue weighted by atomic mass is 35.5. The molecule has 33 heavy (non-hydrogen) atoms. The third-order valence-electron chi connectivity index (χ3n) is 5.10. The highest BCUT2D eigenvalue weighted by Gasteiger charge is 2.13. The van der Waals surface area contributed by atoms with Crippen molar-refractivity contribution in [2.75, 3.05) is 7.11 Å². The summed E-state index contributed by atoms with van der Waals surface area (Å²) in [7, 11) is 1.64. The largest absolute Gasteiger partial charge is 0.496 e. The van der Waals surface area contributed by atoms with Crippen molar-refractivity contribution < 1.29 is 14.2 Å². The summed E-state index contributed by atoms with van der Waals surface area (Å²) in [6.45, 7) is 1.25. The van der Waals surface area contributed by atoms with Crippen molar-refractivity contribution in [1.82, 2.24) is 4.98 Å². The van der Waals surface area contributed by atoms with Crippen molar-refractivity contribution in [3.8, 4) is 28.6 Å². The minimum absolute atomic E-state index is 0. The van der Waals surface area contributed by atoms with Gasteiger partial charge >= 0.3 is 0 Å². The molecular formula is C27H27ClN2O3. The Kier molecular flexibility index (Phi) is 8.70. The summed E-state index contributed by atoms with van der Waals surface area (Å²) in [6, 6.07) is 29.8. The molecule has 5 nitrogen and oxygen atoms in total. The van der Waals surface area contributed by atoms with Crippen molar-refractivity contribution in [2.45, 2.75) is 19.8 Å². The second-order valence-electron chi connectivity index (χ2n) is 7.28. The zero-order valence-electron chi connectivity index (χ0n) is 18.4. The first-order valence-electron chi connectivity index (χ1n) is 10.5. The van der Waals surface area contributed by atoms with E-state index in [1.807, 2.05) is 91.0 Å². The Hall–Kier alpha value is -3.54. The molecule has 0 aliphatic heterocycles. The lowest BCUT2D eigenvalue weighted by molar-refractivity contribution is 0.268. The first-order chi connectivity index (χ1) is 15.8. The zero-order valence-corrected chi connectivity index (χ0v) is 19.3. The maximum atomic E-state index is 6.14. The fourth-order valence-corrected chi connectivity index (χ4v) is 3.37. The van der Waals surface area contributed by atoms with Crippen LogP contribution < -0.4 is 19.9 Å². The Morgan fingerprint density at radius 1 is 0.758 bits per heavy atom. The molecule has 4 rings (SSSR count). The second kappa shape index (κ2) is 11.9. The quantitative estimate of drug-likeness (QED) is 0.340. The van der Waals surface area contributed by atoms with Gasteiger partial charge in [0.05, 0.1) is 7.11 Å². The molecule has 4 aromatic rings. The molecule has 0 aliphatic carbocycles. The number of methoxy groups -OCH3 is 1. The molecule has 0 radical (unpaired) electrons. The van der Waals surface area contributed by atoms with Gasteiger partial charge in [0.15, 0.2) is 0 Å². The molecule has 0 saturated heterocycles. The summed E-state index contributed by atoms with van der Waals surface area (Å²) in [5, 5.41) is 0. The molecule has 0 atom stereocenters. The maximum Gasteiger partial charge on any atom is 0.225 e. The Labute approximate surface area is 200 Å². The number of pyridine rings is 1. The average Bonchev–Trinajstić information content (AvgIpc) is 2.87. The predicted octanol–water partition coefficient (Wildman–Crippen LogP) is 5.80. The molecule has 1 heterocycles. The molecule has 0 amide bonds. The van der Waals surface area contributed by atoms with Gasteiger partial charge in [-0.15, -0.1) is 12.4 Å². The second-order valence-corrected chi connectivity index (χ2v) is 7.28. The maximum absolute atomic E-state index is 6.14. The van der Waals surface area contributed by atoms with E-state index in [0.717, 1.165) is 33.6 Å². The Morgan fingerprint density at radius 3 is 2.00 bits per heavy atom. The predicted molar refractivity (Wildman–Crippen MR) is 133 cm³/mol. The number of ether oxygens (including phenoxy) is 3. The standard InChI is InChI=1S/C27H26N2O3.ClH/c1-30-25-16-22(12-13-23(25)17-28)24-14-15-26(31-18-20-8-4-2-5-9-20)29-27(24)32-19-21-10-6-3-7-11-21;/h2-16H,17-19,28H2,1H3;1H. The Balaban J connectivity index is 0.00000306. The summed E-state index contributed by atoms with van der Waals surface area (Å²) in [6.07, 6.45) is 0. The molecule has 0 spiro atoms. The lowest BCUT2D eigenvalue weighted by Crippen LogP contribution is -2.03. The minimum Gasteiger partial charge on any atom is -0.496 e. The van der Waals surface area contributed by atoms with E-state index < -0.39 is 0 Å². The third kappa shape index (κ3) is 6.25. The number of benzene rings is 3. The third-order valence-corrected chi connectivity index (χ3v) is 5.10. The highest BCUT2D eigenvalue weighted by Crippen LogP contribution is 2.34. The van der Waals surface area contributed by atoms with Crippen LogP contribution in [0.3, 0.4) is 0 Å². The van der Waals surface area contributed by atoms with Crippen molar-refractivity contribution in [3.63, 3.8) is 0 Å². The lowest BCUT2D eigenvalue weighted by Gasteiger charge is -2.15. The van der Waals surface area contributed by atoms with Gasteiger partial charge in [-0.05, 0) is 28.8 Å². The van der Waals surface area contributed by atoms with Gasteiger partial charge in [-0.25, -0.2) is 0 Å². The summed E-state index contributed by atoms with van der Waals surface area (Å²) in [5.41, 5.74) is 10.7. The average molecular weight is 463 g/mol. The van der Waals surface area contributed by atoms with E-state index in [-0.39, 0.29) is 12.4 Å². The number of hydrogen-bond acceptors (Lipinski definition) is 5. The van der Waals surface area contributed by atoms with Crippen LogP contribution in [0.25, 0.3) is 11.1 Å². The van der Waals surface area contributed by atoms with Crippen molar-refractivity contribution >= 4 is 12.4 Å². The first-order valence-corrected chi connectivity index (χ1v) is 10.5. The zero-order chi connectivity index (χ0) is 22.2. The van der Waals surface area contributed by atoms with Gasteiger partial charge in [0.1, 0.15) is 19.0 Å². The van der Waals surface area contributed by atoms with E-state index in [1.165, 1.54) is 0 Å². The van der Waals surface area contributed by atoms with Crippen LogP contribution in [0.4, 0.5) is 0 Å². The van der Waals surface area contributed by atoms with E-state index in [0.29, 0.717) is 31.5 Å². The van der Waals surface area contributed by atoms with E-state index in [4.69, 9.17) is 19.9 Å². The summed E-state index contributed by atoms with van der Waals surface area (Å²) in [5.74, 6) is 1.75. The van der Waals surface area contributed by atoms with Gasteiger partial charge in [0.25, 0.3) is 0 Å².